The van der Waals surface area contributed by atoms with E-state index in [1.54, 1.807) is 6.92 Å². The average molecular weight is 448 g/mol. The number of rotatable bonds is 6. The fraction of sp³-hybridized carbons (Fsp3) is 0.429. The second kappa shape index (κ2) is 8.30. The number of amides is 4. The summed E-state index contributed by atoms with van der Waals surface area (Å²) in [6, 6.07) is 5.24. The molecule has 0 bridgehead atoms. The number of hydrogen-bond acceptors (Lipinski definition) is 4. The molecule has 2 heterocycles. The molecule has 1 aliphatic carbocycles. The van der Waals surface area contributed by atoms with Gasteiger partial charge in [-0.15, -0.1) is 0 Å². The number of halogens is 2. The van der Waals surface area contributed by atoms with E-state index >= 15 is 0 Å². The molecule has 2 fully saturated rings. The summed E-state index contributed by atoms with van der Waals surface area (Å²) in [6.07, 6.45) is 3.65. The van der Waals surface area contributed by atoms with E-state index in [0.29, 0.717) is 30.6 Å². The average Bonchev–Trinajstić information content (AvgIpc) is 3.38. The Morgan fingerprint density at radius 3 is 2.61 bits per heavy atom. The van der Waals surface area contributed by atoms with Gasteiger partial charge >= 0.3 is 6.03 Å². The van der Waals surface area contributed by atoms with Crippen molar-refractivity contribution in [3.8, 4) is 5.69 Å². The molecule has 8 nitrogen and oxygen atoms in total. The number of carbonyl (C=O) groups is 3. The normalized spacial score (nSPS) is 17.5. The lowest BCUT2D eigenvalue weighted by atomic mass is 9.98. The molecule has 2 aliphatic rings. The zero-order valence-corrected chi connectivity index (χ0v) is 17.8. The van der Waals surface area contributed by atoms with Crippen LogP contribution in [0, 0.1) is 12.7 Å². The van der Waals surface area contributed by atoms with Gasteiger partial charge in [-0.1, -0.05) is 24.4 Å². The second-order valence-electron chi connectivity index (χ2n) is 7.93. The summed E-state index contributed by atoms with van der Waals surface area (Å²) >= 11 is 6.36. The van der Waals surface area contributed by atoms with Gasteiger partial charge in [0.25, 0.3) is 11.8 Å². The second-order valence-corrected chi connectivity index (χ2v) is 8.28. The number of nitrogens with zero attached hydrogens (tertiary/aromatic N) is 3. The lowest BCUT2D eigenvalue weighted by Crippen LogP contribution is -2.44. The molecule has 164 valence electrons. The highest BCUT2D eigenvalue weighted by Gasteiger charge is 2.51. The molecule has 1 spiro atoms. The van der Waals surface area contributed by atoms with Crippen molar-refractivity contribution in [2.45, 2.75) is 44.6 Å². The first-order valence-electron chi connectivity index (χ1n) is 10.3. The predicted octanol–water partition coefficient (Wildman–Crippen LogP) is 2.96. The maximum absolute atomic E-state index is 13.2. The molecule has 10 heteroatoms. The molecule has 4 amide bonds. The van der Waals surface area contributed by atoms with Crippen LogP contribution in [0.15, 0.2) is 24.3 Å². The van der Waals surface area contributed by atoms with Gasteiger partial charge in [0.1, 0.15) is 16.5 Å². The smallest absolute Gasteiger partial charge is 0.325 e. The number of aryl methyl sites for hydroxylation is 1. The van der Waals surface area contributed by atoms with Gasteiger partial charge < -0.3 is 10.6 Å². The van der Waals surface area contributed by atoms with Gasteiger partial charge in [0.2, 0.25) is 0 Å². The van der Waals surface area contributed by atoms with Gasteiger partial charge in [-0.2, -0.15) is 5.10 Å². The van der Waals surface area contributed by atoms with Gasteiger partial charge in [-0.25, -0.2) is 13.9 Å². The molecule has 2 aromatic rings. The van der Waals surface area contributed by atoms with E-state index in [4.69, 9.17) is 11.6 Å². The Morgan fingerprint density at radius 2 is 1.94 bits per heavy atom. The van der Waals surface area contributed by atoms with Crippen molar-refractivity contribution in [3.05, 3.63) is 46.5 Å². The van der Waals surface area contributed by atoms with Gasteiger partial charge in [-0.3, -0.25) is 14.5 Å². The van der Waals surface area contributed by atoms with E-state index in [-0.39, 0.29) is 41.6 Å². The van der Waals surface area contributed by atoms with Crippen LogP contribution in [-0.2, 0) is 4.79 Å². The number of urea groups is 1. The van der Waals surface area contributed by atoms with Crippen molar-refractivity contribution in [2.24, 2.45) is 0 Å². The van der Waals surface area contributed by atoms with Crippen LogP contribution >= 0.6 is 11.6 Å². The van der Waals surface area contributed by atoms with Crippen LogP contribution in [0.2, 0.25) is 5.15 Å². The molecule has 1 aromatic heterocycles. The van der Waals surface area contributed by atoms with Gasteiger partial charge in [0.05, 0.1) is 16.9 Å². The fourth-order valence-corrected chi connectivity index (χ4v) is 4.59. The molecule has 1 saturated heterocycles. The third kappa shape index (κ3) is 3.89. The number of nitrogens with one attached hydrogen (secondary N) is 2. The number of benzene rings is 1. The number of imide groups is 1. The molecule has 2 N–H and O–H groups in total. The van der Waals surface area contributed by atoms with E-state index in [9.17, 15) is 18.8 Å². The predicted molar refractivity (Wildman–Crippen MR) is 112 cm³/mol. The SMILES string of the molecule is Cc1nn(-c2ccc(F)cc2)c(Cl)c1C(=O)NCCCN1C(=O)NC2(CCCC2)C1=O. The van der Waals surface area contributed by atoms with Crippen molar-refractivity contribution in [3.63, 3.8) is 0 Å². The van der Waals surface area contributed by atoms with Crippen molar-refractivity contribution in [2.75, 3.05) is 13.1 Å². The van der Waals surface area contributed by atoms with Crippen molar-refractivity contribution in [1.29, 1.82) is 0 Å². The van der Waals surface area contributed by atoms with Gasteiger partial charge in [-0.05, 0) is 50.5 Å². The minimum atomic E-state index is -0.722. The van der Waals surface area contributed by atoms with E-state index in [1.807, 2.05) is 0 Å². The number of carbonyl (C=O) groups excluding carboxylic acids is 3. The zero-order valence-electron chi connectivity index (χ0n) is 17.1. The number of hydrogen-bond donors (Lipinski definition) is 2. The summed E-state index contributed by atoms with van der Waals surface area (Å²) < 4.78 is 14.5. The van der Waals surface area contributed by atoms with E-state index < -0.39 is 11.4 Å². The summed E-state index contributed by atoms with van der Waals surface area (Å²) in [5.74, 6) is -0.952. The quantitative estimate of drug-likeness (QED) is 0.525. The highest BCUT2D eigenvalue weighted by molar-refractivity contribution is 6.33. The Labute approximate surface area is 183 Å². The van der Waals surface area contributed by atoms with Crippen LogP contribution in [-0.4, -0.2) is 51.2 Å². The molecule has 1 aliphatic heterocycles. The van der Waals surface area contributed by atoms with E-state index in [0.717, 1.165) is 12.8 Å². The zero-order chi connectivity index (χ0) is 22.2. The van der Waals surface area contributed by atoms with Crippen LogP contribution in [0.3, 0.4) is 0 Å². The topological polar surface area (TPSA) is 96.3 Å². The summed E-state index contributed by atoms with van der Waals surface area (Å²) in [4.78, 5) is 38.7. The standard InChI is InChI=1S/C21H23ClFN5O3/c1-13-16(17(22)28(26-13)15-7-5-14(23)6-8-15)18(29)24-11-4-12-27-19(30)21(25-20(27)31)9-2-3-10-21/h5-8H,2-4,9-12H2,1H3,(H,24,29)(H,25,31). The summed E-state index contributed by atoms with van der Waals surface area (Å²) in [5.41, 5.74) is 0.475. The summed E-state index contributed by atoms with van der Waals surface area (Å²) in [7, 11) is 0. The highest BCUT2D eigenvalue weighted by atomic mass is 35.5. The van der Waals surface area contributed by atoms with Gasteiger partial charge in [0.15, 0.2) is 0 Å². The van der Waals surface area contributed by atoms with Crippen LogP contribution in [0.1, 0.15) is 48.2 Å². The first-order valence-corrected chi connectivity index (χ1v) is 10.6. The van der Waals surface area contributed by atoms with Crippen LogP contribution in [0.25, 0.3) is 5.69 Å². The molecule has 0 unspecified atom stereocenters. The lowest BCUT2D eigenvalue weighted by molar-refractivity contribution is -0.131. The third-order valence-electron chi connectivity index (χ3n) is 5.85. The maximum Gasteiger partial charge on any atom is 0.325 e. The first kappa shape index (κ1) is 21.3. The molecular formula is C21H23ClFN5O3. The third-order valence-corrected chi connectivity index (χ3v) is 6.20. The summed E-state index contributed by atoms with van der Waals surface area (Å²) in [5, 5.41) is 10.0. The van der Waals surface area contributed by atoms with E-state index in [1.165, 1.54) is 33.8 Å². The molecule has 0 radical (unpaired) electrons. The molecule has 4 rings (SSSR count). The minimum absolute atomic E-state index is 0.124. The molecule has 1 saturated carbocycles. The Hall–Kier alpha value is -2.94. The monoisotopic (exact) mass is 447 g/mol. The number of aromatic nitrogens is 2. The van der Waals surface area contributed by atoms with Crippen molar-refractivity contribution < 1.29 is 18.8 Å². The summed E-state index contributed by atoms with van der Waals surface area (Å²) in [6.45, 7) is 2.16. The Morgan fingerprint density at radius 1 is 1.26 bits per heavy atom. The molecule has 0 atom stereocenters. The lowest BCUT2D eigenvalue weighted by Gasteiger charge is -2.20. The minimum Gasteiger partial charge on any atom is -0.352 e. The van der Waals surface area contributed by atoms with Crippen molar-refractivity contribution >= 4 is 29.4 Å². The van der Waals surface area contributed by atoms with Crippen molar-refractivity contribution in [1.82, 2.24) is 25.3 Å². The molecule has 31 heavy (non-hydrogen) atoms. The van der Waals surface area contributed by atoms with Gasteiger partial charge in [0, 0.05) is 13.1 Å². The Bertz CT molecular complexity index is 1030. The largest absolute Gasteiger partial charge is 0.352 e. The highest BCUT2D eigenvalue weighted by Crippen LogP contribution is 2.35. The van der Waals surface area contributed by atoms with E-state index in [2.05, 4.69) is 15.7 Å². The fourth-order valence-electron chi connectivity index (χ4n) is 4.23. The van der Waals surface area contributed by atoms with Crippen LogP contribution in [0.5, 0.6) is 0 Å². The maximum atomic E-state index is 13.2. The Balaban J connectivity index is 1.35. The van der Waals surface area contributed by atoms with Crippen LogP contribution < -0.4 is 10.6 Å². The molecule has 1 aromatic carbocycles. The first-order chi connectivity index (χ1) is 14.8. The molecular weight excluding hydrogens is 425 g/mol. The Kier molecular flexibility index (Phi) is 5.70. The van der Waals surface area contributed by atoms with Crippen LogP contribution in [0.4, 0.5) is 9.18 Å².